The molecule has 4 heterocycles. The number of fused-ring (bicyclic) bond motifs is 1. The zero-order valence-electron chi connectivity index (χ0n) is 17.6. The summed E-state index contributed by atoms with van der Waals surface area (Å²) in [6, 6.07) is 7.09. The lowest BCUT2D eigenvalue weighted by atomic mass is 9.92. The number of carbonyl (C=O) groups excluding carboxylic acids is 2. The number of benzene rings is 1. The molecule has 2 aromatic rings. The Labute approximate surface area is 176 Å². The van der Waals surface area contributed by atoms with Crippen LogP contribution in [0.5, 0.6) is 0 Å². The van der Waals surface area contributed by atoms with Gasteiger partial charge in [0.1, 0.15) is 0 Å². The summed E-state index contributed by atoms with van der Waals surface area (Å²) in [5.74, 6) is -0.780. The number of carbonyl (C=O) groups is 2. The van der Waals surface area contributed by atoms with Crippen LogP contribution in [0.4, 0.5) is 5.69 Å². The molecule has 1 aromatic carbocycles. The molecule has 30 heavy (non-hydrogen) atoms. The van der Waals surface area contributed by atoms with E-state index in [1.54, 1.807) is 0 Å². The Kier molecular flexibility index (Phi) is 5.20. The second-order valence-corrected chi connectivity index (χ2v) is 8.74. The monoisotopic (exact) mass is 410 g/mol. The summed E-state index contributed by atoms with van der Waals surface area (Å²) in [6.07, 6.45) is 3.37. The third kappa shape index (κ3) is 3.58. The van der Waals surface area contributed by atoms with Crippen LogP contribution in [0.1, 0.15) is 37.3 Å². The number of nitrogens with one attached hydrogen (secondary N) is 2. The van der Waals surface area contributed by atoms with Crippen molar-refractivity contribution >= 4 is 28.4 Å². The van der Waals surface area contributed by atoms with Gasteiger partial charge in [-0.1, -0.05) is 0 Å². The van der Waals surface area contributed by atoms with Crippen LogP contribution in [0.15, 0.2) is 18.2 Å². The fraction of sp³-hybridized carbons (Fsp3) is 0.591. The molecule has 2 N–H and O–H groups in total. The van der Waals surface area contributed by atoms with Crippen molar-refractivity contribution in [1.29, 1.82) is 0 Å². The van der Waals surface area contributed by atoms with E-state index in [1.807, 2.05) is 11.7 Å². The van der Waals surface area contributed by atoms with Crippen molar-refractivity contribution in [3.05, 3.63) is 23.9 Å². The Bertz CT molecular complexity index is 964. The van der Waals surface area contributed by atoms with Crippen molar-refractivity contribution in [3.8, 4) is 0 Å². The highest BCUT2D eigenvalue weighted by Crippen LogP contribution is 2.33. The lowest BCUT2D eigenvalue weighted by molar-refractivity contribution is -0.134. The van der Waals surface area contributed by atoms with E-state index in [2.05, 4.69) is 43.7 Å². The van der Waals surface area contributed by atoms with E-state index in [-0.39, 0.29) is 17.7 Å². The third-order valence-electron chi connectivity index (χ3n) is 6.86. The Morgan fingerprint density at radius 3 is 2.73 bits per heavy atom. The van der Waals surface area contributed by atoms with Crippen LogP contribution in [0, 0.1) is 0 Å². The van der Waals surface area contributed by atoms with Gasteiger partial charge in [0, 0.05) is 69.9 Å². The second kappa shape index (κ2) is 8.00. The number of hydrogen-bond acceptors (Lipinski definition) is 6. The van der Waals surface area contributed by atoms with Gasteiger partial charge in [-0.25, -0.2) is 0 Å². The van der Waals surface area contributed by atoms with Crippen molar-refractivity contribution in [1.82, 2.24) is 25.3 Å². The first-order chi connectivity index (χ1) is 14.6. The number of aryl methyl sites for hydroxylation is 1. The number of nitrogens with zero attached hydrogens (tertiary/aromatic N) is 4. The Morgan fingerprint density at radius 1 is 1.10 bits per heavy atom. The molecule has 0 spiro atoms. The summed E-state index contributed by atoms with van der Waals surface area (Å²) in [5, 5.41) is 11.6. The van der Waals surface area contributed by atoms with E-state index < -0.39 is 0 Å². The van der Waals surface area contributed by atoms with Gasteiger partial charge < -0.3 is 10.2 Å². The quantitative estimate of drug-likeness (QED) is 0.734. The van der Waals surface area contributed by atoms with E-state index in [0.717, 1.165) is 55.9 Å². The van der Waals surface area contributed by atoms with Crippen LogP contribution in [0.3, 0.4) is 0 Å². The van der Waals surface area contributed by atoms with E-state index in [4.69, 9.17) is 0 Å². The predicted molar refractivity (Wildman–Crippen MR) is 116 cm³/mol. The van der Waals surface area contributed by atoms with E-state index >= 15 is 0 Å². The number of rotatable bonds is 3. The van der Waals surface area contributed by atoms with Crippen LogP contribution in [-0.2, 0) is 16.6 Å². The Hall–Kier alpha value is -2.45. The highest BCUT2D eigenvalue weighted by molar-refractivity contribution is 6.02. The minimum atomic E-state index is -0.357. The van der Waals surface area contributed by atoms with Gasteiger partial charge in [-0.05, 0) is 37.5 Å². The number of hydrogen-bond donors (Lipinski definition) is 2. The summed E-state index contributed by atoms with van der Waals surface area (Å²) in [4.78, 5) is 29.0. The van der Waals surface area contributed by atoms with Crippen LogP contribution < -0.4 is 15.5 Å². The Morgan fingerprint density at radius 2 is 1.93 bits per heavy atom. The molecule has 8 heteroatoms. The van der Waals surface area contributed by atoms with E-state index in [1.165, 1.54) is 18.5 Å². The van der Waals surface area contributed by atoms with Gasteiger partial charge in [-0.15, -0.1) is 0 Å². The van der Waals surface area contributed by atoms with Crippen molar-refractivity contribution < 1.29 is 9.59 Å². The number of anilines is 1. The molecule has 3 saturated heterocycles. The molecule has 0 aliphatic carbocycles. The molecule has 0 bridgehead atoms. The number of amides is 2. The minimum Gasteiger partial charge on any atom is -0.370 e. The molecule has 3 aliphatic rings. The average molecular weight is 411 g/mol. The topological polar surface area (TPSA) is 82.5 Å². The smallest absolute Gasteiger partial charge is 0.235 e. The molecule has 160 valence electrons. The SMILES string of the molecule is Cn1nc(C2CCC(=O)NC2=O)c2ccc(N3CCCC(N4CCNCC4)C3)cc21. The average Bonchev–Trinajstić information content (AvgIpc) is 3.10. The molecule has 3 fully saturated rings. The number of piperidine rings is 2. The van der Waals surface area contributed by atoms with Crippen LogP contribution in [0.25, 0.3) is 10.9 Å². The highest BCUT2D eigenvalue weighted by Gasteiger charge is 2.32. The summed E-state index contributed by atoms with van der Waals surface area (Å²) in [5.41, 5.74) is 3.04. The molecule has 3 aliphatic heterocycles. The number of imide groups is 1. The van der Waals surface area contributed by atoms with Gasteiger partial charge in [-0.3, -0.25) is 24.5 Å². The third-order valence-corrected chi connectivity index (χ3v) is 6.86. The second-order valence-electron chi connectivity index (χ2n) is 8.74. The highest BCUT2D eigenvalue weighted by atomic mass is 16.2. The first-order valence-corrected chi connectivity index (χ1v) is 11.1. The number of piperazine rings is 1. The van der Waals surface area contributed by atoms with Gasteiger partial charge in [0.15, 0.2) is 0 Å². The molecule has 0 saturated carbocycles. The summed E-state index contributed by atoms with van der Waals surface area (Å²) in [7, 11) is 1.93. The normalized spacial score (nSPS) is 26.2. The summed E-state index contributed by atoms with van der Waals surface area (Å²) in [6.45, 7) is 6.57. The van der Waals surface area contributed by atoms with E-state index in [0.29, 0.717) is 18.9 Å². The van der Waals surface area contributed by atoms with E-state index in [9.17, 15) is 9.59 Å². The maximum atomic E-state index is 12.4. The summed E-state index contributed by atoms with van der Waals surface area (Å²) < 4.78 is 1.87. The number of aromatic nitrogens is 2. The first-order valence-electron chi connectivity index (χ1n) is 11.1. The molecule has 5 rings (SSSR count). The largest absolute Gasteiger partial charge is 0.370 e. The molecule has 1 aromatic heterocycles. The standard InChI is InChI=1S/C22H30N6O2/c1-26-19-13-15(28-10-2-3-16(14-28)27-11-8-23-9-12-27)4-5-17(19)21(25-26)18-6-7-20(29)24-22(18)30/h4-5,13,16,18,23H,2-3,6-12,14H2,1H3,(H,24,29,30). The summed E-state index contributed by atoms with van der Waals surface area (Å²) >= 11 is 0. The fourth-order valence-electron chi connectivity index (χ4n) is 5.22. The van der Waals surface area contributed by atoms with Crippen molar-refractivity contribution in [2.24, 2.45) is 7.05 Å². The van der Waals surface area contributed by atoms with Gasteiger partial charge in [0.05, 0.1) is 17.1 Å². The molecule has 2 amide bonds. The Balaban J connectivity index is 1.39. The molecule has 8 nitrogen and oxygen atoms in total. The lowest BCUT2D eigenvalue weighted by Gasteiger charge is -2.42. The predicted octanol–water partition coefficient (Wildman–Crippen LogP) is 0.968. The molecular formula is C22H30N6O2. The zero-order valence-corrected chi connectivity index (χ0v) is 17.6. The molecule has 0 radical (unpaired) electrons. The van der Waals surface area contributed by atoms with Crippen LogP contribution in [-0.4, -0.2) is 71.8 Å². The maximum absolute atomic E-state index is 12.4. The van der Waals surface area contributed by atoms with Crippen molar-refractivity contribution in [2.75, 3.05) is 44.2 Å². The van der Waals surface area contributed by atoms with Crippen molar-refractivity contribution in [3.63, 3.8) is 0 Å². The van der Waals surface area contributed by atoms with Crippen LogP contribution in [0.2, 0.25) is 0 Å². The molecule has 2 atom stereocenters. The zero-order chi connectivity index (χ0) is 20.7. The van der Waals surface area contributed by atoms with Crippen LogP contribution >= 0.6 is 0 Å². The van der Waals surface area contributed by atoms with Gasteiger partial charge in [-0.2, -0.15) is 5.10 Å². The molecular weight excluding hydrogens is 380 g/mol. The lowest BCUT2D eigenvalue weighted by Crippen LogP contribution is -2.54. The van der Waals surface area contributed by atoms with Gasteiger partial charge in [0.25, 0.3) is 0 Å². The van der Waals surface area contributed by atoms with Gasteiger partial charge >= 0.3 is 0 Å². The molecule has 2 unspecified atom stereocenters. The fourth-order valence-corrected chi connectivity index (χ4v) is 5.22. The van der Waals surface area contributed by atoms with Gasteiger partial charge in [0.2, 0.25) is 11.8 Å². The first kappa shape index (κ1) is 19.5. The maximum Gasteiger partial charge on any atom is 0.235 e. The minimum absolute atomic E-state index is 0.192. The van der Waals surface area contributed by atoms with Crippen molar-refractivity contribution in [2.45, 2.75) is 37.6 Å².